The summed E-state index contributed by atoms with van der Waals surface area (Å²) in [6.07, 6.45) is 0.724. The average molecular weight is 668 g/mol. The van der Waals surface area contributed by atoms with E-state index in [1.54, 1.807) is 28.9 Å². The van der Waals surface area contributed by atoms with Gasteiger partial charge in [0.2, 0.25) is 11.8 Å². The minimum Gasteiger partial charge on any atom is -0.488 e. The molecule has 1 aliphatic rings. The van der Waals surface area contributed by atoms with Crippen molar-refractivity contribution in [2.45, 2.75) is 58.1 Å². The predicted molar refractivity (Wildman–Crippen MR) is 179 cm³/mol. The molecule has 4 rings (SSSR count). The van der Waals surface area contributed by atoms with Crippen molar-refractivity contribution in [1.82, 2.24) is 9.80 Å². The van der Waals surface area contributed by atoms with Gasteiger partial charge in [-0.15, -0.1) is 0 Å². The zero-order chi connectivity index (χ0) is 34.3. The van der Waals surface area contributed by atoms with E-state index in [-0.39, 0.29) is 59.2 Å². The first-order valence-electron chi connectivity index (χ1n) is 15.6. The van der Waals surface area contributed by atoms with Gasteiger partial charge in [0.1, 0.15) is 12.2 Å². The minimum atomic E-state index is -0.823. The smallest absolute Gasteiger partial charge is 0.410 e. The fourth-order valence-electron chi connectivity index (χ4n) is 5.79. The summed E-state index contributed by atoms with van der Waals surface area (Å²) < 4.78 is 32.6. The van der Waals surface area contributed by atoms with E-state index >= 15 is 4.39 Å². The third-order valence-corrected chi connectivity index (χ3v) is 8.47. The first kappa shape index (κ1) is 35.7. The third kappa shape index (κ3) is 9.02. The standard InChI is InChI=1S/C36H43ClFN3O6/c1-23(42)40-17-15-26(16-18-40)41(35(44)47-36(2,3)4)22-29(24-9-7-6-8-10-24)25-11-13-30(37)28(21-25)32-27(34(39)43)12-14-31(33(32)38)46-20-19-45-5/h6-14,21,26,29H,15-20,22H2,1-5H3,(H2,39,43). The van der Waals surface area contributed by atoms with Gasteiger partial charge in [0.25, 0.3) is 0 Å². The molecule has 3 aromatic rings. The van der Waals surface area contributed by atoms with Crippen LogP contribution in [0.15, 0.2) is 60.7 Å². The van der Waals surface area contributed by atoms with Crippen LogP contribution in [0.3, 0.4) is 0 Å². The maximum atomic E-state index is 16.1. The van der Waals surface area contributed by atoms with Gasteiger partial charge in [-0.1, -0.05) is 48.0 Å². The maximum absolute atomic E-state index is 16.1. The third-order valence-electron chi connectivity index (χ3n) is 8.14. The number of carbonyl (C=O) groups excluding carboxylic acids is 3. The molecule has 3 aromatic carbocycles. The molecule has 0 aromatic heterocycles. The van der Waals surface area contributed by atoms with Gasteiger partial charge in [-0.3, -0.25) is 9.59 Å². The normalized spacial score (nSPS) is 14.4. The Hall–Kier alpha value is -4.15. The molecule has 1 unspecified atom stereocenters. The van der Waals surface area contributed by atoms with Crippen molar-refractivity contribution in [2.75, 3.05) is 40.0 Å². The highest BCUT2D eigenvalue weighted by atomic mass is 35.5. The summed E-state index contributed by atoms with van der Waals surface area (Å²) in [4.78, 5) is 41.9. The van der Waals surface area contributed by atoms with Gasteiger partial charge < -0.3 is 29.7 Å². The quantitative estimate of drug-likeness (QED) is 0.229. The Morgan fingerprint density at radius 3 is 2.30 bits per heavy atom. The zero-order valence-corrected chi connectivity index (χ0v) is 28.3. The molecule has 0 bridgehead atoms. The molecule has 47 heavy (non-hydrogen) atoms. The largest absolute Gasteiger partial charge is 0.488 e. The Morgan fingerprint density at radius 1 is 1.02 bits per heavy atom. The summed E-state index contributed by atoms with van der Waals surface area (Å²) in [5, 5.41) is 0.205. The lowest BCUT2D eigenvalue weighted by atomic mass is 9.87. The highest BCUT2D eigenvalue weighted by Crippen LogP contribution is 2.40. The molecule has 0 spiro atoms. The second kappa shape index (κ2) is 15.6. The number of hydrogen-bond donors (Lipinski definition) is 1. The molecule has 0 radical (unpaired) electrons. The van der Waals surface area contributed by atoms with E-state index in [1.165, 1.54) is 19.2 Å². The maximum Gasteiger partial charge on any atom is 0.410 e. The first-order chi connectivity index (χ1) is 22.3. The highest BCUT2D eigenvalue weighted by molar-refractivity contribution is 6.33. The number of amides is 3. The van der Waals surface area contributed by atoms with Crippen LogP contribution in [0.5, 0.6) is 5.75 Å². The summed E-state index contributed by atoms with van der Waals surface area (Å²) in [5.41, 5.74) is 6.73. The van der Waals surface area contributed by atoms with Crippen molar-refractivity contribution in [1.29, 1.82) is 0 Å². The van der Waals surface area contributed by atoms with Crippen LogP contribution in [0.1, 0.15) is 67.9 Å². The van der Waals surface area contributed by atoms with E-state index in [9.17, 15) is 14.4 Å². The van der Waals surface area contributed by atoms with Gasteiger partial charge in [0.05, 0.1) is 12.2 Å². The second-order valence-corrected chi connectivity index (χ2v) is 13.0. The van der Waals surface area contributed by atoms with E-state index < -0.39 is 29.3 Å². The van der Waals surface area contributed by atoms with E-state index in [4.69, 9.17) is 31.5 Å². The van der Waals surface area contributed by atoms with Gasteiger partial charge in [-0.2, -0.15) is 0 Å². The van der Waals surface area contributed by atoms with Crippen LogP contribution < -0.4 is 10.5 Å². The SMILES string of the molecule is COCCOc1ccc(C(N)=O)c(-c2cc(C(CN(C(=O)OC(C)(C)C)C3CCN(C(C)=O)CC3)c3ccccc3)ccc2Cl)c1F. The Bertz CT molecular complexity index is 1570. The minimum absolute atomic E-state index is 0.00106. The number of likely N-dealkylation sites (tertiary alicyclic amines) is 1. The molecule has 252 valence electrons. The van der Waals surface area contributed by atoms with Crippen molar-refractivity contribution in [3.63, 3.8) is 0 Å². The predicted octanol–water partition coefficient (Wildman–Crippen LogP) is 6.65. The van der Waals surface area contributed by atoms with Crippen LogP contribution >= 0.6 is 11.6 Å². The van der Waals surface area contributed by atoms with Crippen molar-refractivity contribution in [3.05, 3.63) is 88.2 Å². The first-order valence-corrected chi connectivity index (χ1v) is 16.0. The number of ether oxygens (including phenoxy) is 3. The lowest BCUT2D eigenvalue weighted by molar-refractivity contribution is -0.130. The van der Waals surface area contributed by atoms with Crippen LogP contribution in [0.25, 0.3) is 11.1 Å². The van der Waals surface area contributed by atoms with Crippen molar-refractivity contribution < 1.29 is 33.0 Å². The molecule has 11 heteroatoms. The van der Waals surface area contributed by atoms with Crippen LogP contribution in [0.4, 0.5) is 9.18 Å². The Balaban J connectivity index is 1.82. The fourth-order valence-corrected chi connectivity index (χ4v) is 6.01. The van der Waals surface area contributed by atoms with Crippen molar-refractivity contribution in [2.24, 2.45) is 5.73 Å². The molecule has 0 aliphatic carbocycles. The van der Waals surface area contributed by atoms with E-state index in [0.29, 0.717) is 25.9 Å². The molecule has 0 saturated carbocycles. The van der Waals surface area contributed by atoms with Gasteiger partial charge in [-0.25, -0.2) is 9.18 Å². The Kier molecular flexibility index (Phi) is 11.9. The summed E-state index contributed by atoms with van der Waals surface area (Å²) in [7, 11) is 1.51. The Morgan fingerprint density at radius 2 is 1.70 bits per heavy atom. The molecule has 1 fully saturated rings. The second-order valence-electron chi connectivity index (χ2n) is 12.6. The molecule has 1 aliphatic heterocycles. The van der Waals surface area contributed by atoms with Gasteiger partial charge in [0, 0.05) is 61.8 Å². The van der Waals surface area contributed by atoms with Gasteiger partial charge >= 0.3 is 6.09 Å². The number of hydrogen-bond acceptors (Lipinski definition) is 6. The molecule has 3 amide bonds. The number of halogens is 2. The fraction of sp³-hybridized carbons (Fsp3) is 0.417. The highest BCUT2D eigenvalue weighted by Gasteiger charge is 2.34. The molecule has 2 N–H and O–H groups in total. The number of benzene rings is 3. The number of primary amides is 1. The summed E-state index contributed by atoms with van der Waals surface area (Å²) in [6.45, 7) is 8.62. The topological polar surface area (TPSA) is 111 Å². The van der Waals surface area contributed by atoms with Gasteiger partial charge in [-0.05, 0) is 69.0 Å². The molecule has 1 heterocycles. The monoisotopic (exact) mass is 667 g/mol. The number of nitrogens with two attached hydrogens (primary N) is 1. The van der Waals surface area contributed by atoms with Crippen LogP contribution in [0, 0.1) is 5.82 Å². The van der Waals surface area contributed by atoms with Crippen LogP contribution in [-0.2, 0) is 14.3 Å². The number of rotatable bonds is 11. The zero-order valence-electron chi connectivity index (χ0n) is 27.6. The lowest BCUT2D eigenvalue weighted by Crippen LogP contribution is -2.50. The molecule has 1 atom stereocenters. The van der Waals surface area contributed by atoms with Crippen LogP contribution in [-0.4, -0.2) is 79.3 Å². The number of piperidine rings is 1. The van der Waals surface area contributed by atoms with E-state index in [0.717, 1.165) is 11.1 Å². The summed E-state index contributed by atoms with van der Waals surface area (Å²) in [5.74, 6) is -2.07. The lowest BCUT2D eigenvalue weighted by Gasteiger charge is -2.40. The van der Waals surface area contributed by atoms with Gasteiger partial charge in [0.15, 0.2) is 11.6 Å². The molecular formula is C36H43ClFN3O6. The van der Waals surface area contributed by atoms with E-state index in [2.05, 4.69) is 0 Å². The molecule has 1 saturated heterocycles. The van der Waals surface area contributed by atoms with Crippen molar-refractivity contribution >= 4 is 29.5 Å². The average Bonchev–Trinajstić information content (AvgIpc) is 3.02. The molecular weight excluding hydrogens is 625 g/mol. The number of carbonyl (C=O) groups is 3. The van der Waals surface area contributed by atoms with E-state index in [1.807, 2.05) is 57.2 Å². The molecule has 9 nitrogen and oxygen atoms in total. The Labute approximate surface area is 280 Å². The number of methoxy groups -OCH3 is 1. The van der Waals surface area contributed by atoms with Crippen molar-refractivity contribution in [3.8, 4) is 16.9 Å². The summed E-state index contributed by atoms with van der Waals surface area (Å²) >= 11 is 6.70. The number of nitrogens with zero attached hydrogens (tertiary/aromatic N) is 2. The summed E-state index contributed by atoms with van der Waals surface area (Å²) in [6, 6.07) is 17.4. The van der Waals surface area contributed by atoms with Crippen LogP contribution in [0.2, 0.25) is 5.02 Å².